The van der Waals surface area contributed by atoms with Gasteiger partial charge in [0.05, 0.1) is 6.10 Å². The number of hydrogen-bond donors (Lipinski definition) is 2. The number of amides is 1. The maximum atomic E-state index is 12.0. The van der Waals surface area contributed by atoms with Gasteiger partial charge >= 0.3 is 0 Å². The van der Waals surface area contributed by atoms with E-state index in [1.807, 2.05) is 6.92 Å². The second-order valence-corrected chi connectivity index (χ2v) is 5.04. The second kappa shape index (κ2) is 4.34. The highest BCUT2D eigenvalue weighted by atomic mass is 32.1. The lowest BCUT2D eigenvalue weighted by molar-refractivity contribution is 0.0297. The molecule has 0 bridgehead atoms. The number of anilines is 1. The molecule has 1 aromatic heterocycles. The highest BCUT2D eigenvalue weighted by Crippen LogP contribution is 2.20. The predicted molar refractivity (Wildman–Crippen MR) is 60.0 cm³/mol. The molecule has 0 spiro atoms. The molecule has 0 aromatic carbocycles. The van der Waals surface area contributed by atoms with Crippen LogP contribution in [0.25, 0.3) is 0 Å². The number of nitrogens with two attached hydrogens (primary N) is 1. The predicted octanol–water partition coefficient (Wildman–Crippen LogP) is -0.0368. The quantitative estimate of drug-likeness (QED) is 0.721. The number of nitrogen functional groups attached to an aromatic ring is 1. The molecular weight excluding hydrogens is 228 g/mol. The maximum absolute atomic E-state index is 12.0. The zero-order chi connectivity index (χ0) is 11.7. The molecule has 6 nitrogen and oxygen atoms in total. The standard InChI is InChI=1S/C9H14N4O2S/c1-5-4-13(3-2-6(5)14)8(15)7-11-12-9(10)16-7/h5-6,14H,2-4H2,1H3,(H2,10,12). The van der Waals surface area contributed by atoms with Gasteiger partial charge in [-0.2, -0.15) is 0 Å². The lowest BCUT2D eigenvalue weighted by Gasteiger charge is -2.33. The van der Waals surface area contributed by atoms with Gasteiger partial charge in [-0.05, 0) is 12.3 Å². The topological polar surface area (TPSA) is 92.3 Å². The summed E-state index contributed by atoms with van der Waals surface area (Å²) in [6, 6.07) is 0. The number of nitrogens with zero attached hydrogens (tertiary/aromatic N) is 3. The van der Waals surface area contributed by atoms with Crippen molar-refractivity contribution in [3.05, 3.63) is 5.01 Å². The van der Waals surface area contributed by atoms with Crippen LogP contribution in [0.3, 0.4) is 0 Å². The third-order valence-corrected chi connectivity index (χ3v) is 3.51. The molecular formula is C9H14N4O2S. The van der Waals surface area contributed by atoms with Crippen LogP contribution in [0, 0.1) is 5.92 Å². The molecule has 2 atom stereocenters. The molecule has 1 aromatic rings. The van der Waals surface area contributed by atoms with Gasteiger partial charge < -0.3 is 15.7 Å². The second-order valence-electron chi connectivity index (χ2n) is 4.03. The van der Waals surface area contributed by atoms with E-state index in [1.54, 1.807) is 4.90 Å². The molecule has 0 aliphatic carbocycles. The molecule has 88 valence electrons. The first-order valence-electron chi connectivity index (χ1n) is 5.14. The van der Waals surface area contributed by atoms with E-state index < -0.39 is 0 Å². The molecule has 1 fully saturated rings. The summed E-state index contributed by atoms with van der Waals surface area (Å²) in [5.41, 5.74) is 5.43. The van der Waals surface area contributed by atoms with E-state index in [0.29, 0.717) is 29.6 Å². The Bertz CT molecular complexity index is 395. The first kappa shape index (κ1) is 11.3. The van der Waals surface area contributed by atoms with Crippen molar-refractivity contribution in [1.82, 2.24) is 15.1 Å². The number of likely N-dealkylation sites (tertiary alicyclic amines) is 1. The average molecular weight is 242 g/mol. The number of piperidine rings is 1. The largest absolute Gasteiger partial charge is 0.393 e. The number of aliphatic hydroxyl groups is 1. The molecule has 2 unspecified atom stereocenters. The molecule has 1 amide bonds. The van der Waals surface area contributed by atoms with Gasteiger partial charge in [-0.1, -0.05) is 18.3 Å². The Hall–Kier alpha value is -1.21. The molecule has 2 heterocycles. The maximum Gasteiger partial charge on any atom is 0.284 e. The van der Waals surface area contributed by atoms with E-state index in [2.05, 4.69) is 10.2 Å². The van der Waals surface area contributed by atoms with Gasteiger partial charge in [0.1, 0.15) is 0 Å². The van der Waals surface area contributed by atoms with Gasteiger partial charge in [0.25, 0.3) is 5.91 Å². The fourth-order valence-electron chi connectivity index (χ4n) is 1.77. The van der Waals surface area contributed by atoms with Crippen molar-refractivity contribution >= 4 is 22.4 Å². The Morgan fingerprint density at radius 1 is 1.62 bits per heavy atom. The smallest absolute Gasteiger partial charge is 0.284 e. The Morgan fingerprint density at radius 3 is 2.94 bits per heavy atom. The molecule has 0 radical (unpaired) electrons. The fourth-order valence-corrected chi connectivity index (χ4v) is 2.35. The third-order valence-electron chi connectivity index (χ3n) is 2.77. The minimum absolute atomic E-state index is 0.1000. The molecule has 1 aliphatic rings. The summed E-state index contributed by atoms with van der Waals surface area (Å²) >= 11 is 1.09. The molecule has 0 saturated carbocycles. The Kier molecular flexibility index (Phi) is 3.06. The van der Waals surface area contributed by atoms with Crippen molar-refractivity contribution < 1.29 is 9.90 Å². The lowest BCUT2D eigenvalue weighted by Crippen LogP contribution is -2.44. The van der Waals surface area contributed by atoms with Gasteiger partial charge in [0.15, 0.2) is 0 Å². The van der Waals surface area contributed by atoms with Crippen LogP contribution in [0.5, 0.6) is 0 Å². The zero-order valence-electron chi connectivity index (χ0n) is 8.96. The fraction of sp³-hybridized carbons (Fsp3) is 0.667. The van der Waals surface area contributed by atoms with E-state index in [0.717, 1.165) is 11.3 Å². The summed E-state index contributed by atoms with van der Waals surface area (Å²) in [5.74, 6) is -0.0454. The van der Waals surface area contributed by atoms with Crippen LogP contribution in [0.2, 0.25) is 0 Å². The molecule has 7 heteroatoms. The molecule has 1 saturated heterocycles. The number of carbonyl (C=O) groups is 1. The highest BCUT2D eigenvalue weighted by molar-refractivity contribution is 7.16. The number of hydrogen-bond acceptors (Lipinski definition) is 6. The first-order chi connectivity index (χ1) is 7.58. The van der Waals surface area contributed by atoms with Crippen LogP contribution < -0.4 is 5.73 Å². The summed E-state index contributed by atoms with van der Waals surface area (Å²) in [4.78, 5) is 13.7. The summed E-state index contributed by atoms with van der Waals surface area (Å²) in [6.07, 6.45) is 0.296. The Morgan fingerprint density at radius 2 is 2.38 bits per heavy atom. The molecule has 1 aliphatic heterocycles. The minimum Gasteiger partial charge on any atom is -0.393 e. The van der Waals surface area contributed by atoms with Crippen molar-refractivity contribution in [2.45, 2.75) is 19.4 Å². The SMILES string of the molecule is CC1CN(C(=O)c2nnc(N)s2)CCC1O. The van der Waals surface area contributed by atoms with Crippen molar-refractivity contribution in [1.29, 1.82) is 0 Å². The van der Waals surface area contributed by atoms with Crippen LogP contribution in [-0.2, 0) is 0 Å². The van der Waals surface area contributed by atoms with E-state index >= 15 is 0 Å². The van der Waals surface area contributed by atoms with E-state index in [4.69, 9.17) is 5.73 Å². The van der Waals surface area contributed by atoms with Gasteiger partial charge in [-0.3, -0.25) is 4.79 Å². The van der Waals surface area contributed by atoms with Crippen molar-refractivity contribution in [2.24, 2.45) is 5.92 Å². The van der Waals surface area contributed by atoms with Gasteiger partial charge in [-0.15, -0.1) is 10.2 Å². The van der Waals surface area contributed by atoms with Crippen molar-refractivity contribution in [2.75, 3.05) is 18.8 Å². The lowest BCUT2D eigenvalue weighted by atomic mass is 9.97. The Balaban J connectivity index is 2.06. The number of rotatable bonds is 1. The van der Waals surface area contributed by atoms with Crippen LogP contribution in [-0.4, -0.2) is 45.3 Å². The van der Waals surface area contributed by atoms with E-state index in [-0.39, 0.29) is 17.9 Å². The summed E-state index contributed by atoms with van der Waals surface area (Å²) in [7, 11) is 0. The summed E-state index contributed by atoms with van der Waals surface area (Å²) < 4.78 is 0. The molecule has 2 rings (SSSR count). The normalized spacial score (nSPS) is 25.8. The summed E-state index contributed by atoms with van der Waals surface area (Å²) in [6.45, 7) is 3.04. The van der Waals surface area contributed by atoms with Gasteiger partial charge in [0, 0.05) is 13.1 Å². The average Bonchev–Trinajstić information content (AvgIpc) is 2.68. The van der Waals surface area contributed by atoms with E-state index in [1.165, 1.54) is 0 Å². The van der Waals surface area contributed by atoms with Crippen LogP contribution in [0.4, 0.5) is 5.13 Å². The van der Waals surface area contributed by atoms with Crippen LogP contribution in [0.1, 0.15) is 23.1 Å². The number of aliphatic hydroxyl groups excluding tert-OH is 1. The first-order valence-corrected chi connectivity index (χ1v) is 5.96. The number of carbonyl (C=O) groups excluding carboxylic acids is 1. The van der Waals surface area contributed by atoms with Crippen molar-refractivity contribution in [3.63, 3.8) is 0 Å². The molecule has 3 N–H and O–H groups in total. The van der Waals surface area contributed by atoms with E-state index in [9.17, 15) is 9.90 Å². The van der Waals surface area contributed by atoms with Crippen LogP contribution in [0.15, 0.2) is 0 Å². The minimum atomic E-state index is -0.316. The van der Waals surface area contributed by atoms with Crippen LogP contribution >= 0.6 is 11.3 Å². The van der Waals surface area contributed by atoms with Gasteiger partial charge in [0.2, 0.25) is 10.1 Å². The van der Waals surface area contributed by atoms with Gasteiger partial charge in [-0.25, -0.2) is 0 Å². The zero-order valence-corrected chi connectivity index (χ0v) is 9.78. The number of aromatic nitrogens is 2. The summed E-state index contributed by atoms with van der Waals surface area (Å²) in [5, 5.41) is 17.5. The van der Waals surface area contributed by atoms with Crippen molar-refractivity contribution in [3.8, 4) is 0 Å². The third kappa shape index (κ3) is 2.14. The molecule has 16 heavy (non-hydrogen) atoms. The highest BCUT2D eigenvalue weighted by Gasteiger charge is 2.29. The monoisotopic (exact) mass is 242 g/mol. The Labute approximate surface area is 97.1 Å².